The maximum atomic E-state index is 12.0. The summed E-state index contributed by atoms with van der Waals surface area (Å²) < 4.78 is 5.60. The van der Waals surface area contributed by atoms with Gasteiger partial charge >= 0.3 is 0 Å². The number of carbonyl (C=O) groups is 1. The molecule has 1 aromatic carbocycles. The van der Waals surface area contributed by atoms with Crippen molar-refractivity contribution < 1.29 is 9.53 Å². The van der Waals surface area contributed by atoms with Crippen LogP contribution in [0.15, 0.2) is 24.3 Å². The third kappa shape index (κ3) is 4.24. The third-order valence-electron chi connectivity index (χ3n) is 3.38. The van der Waals surface area contributed by atoms with Gasteiger partial charge in [-0.25, -0.2) is 0 Å². The zero-order chi connectivity index (χ0) is 13.7. The molecule has 1 saturated heterocycles. The first kappa shape index (κ1) is 13.9. The molecular formula is C15H22N2O2. The molecule has 4 heteroatoms. The smallest absolute Gasteiger partial charge is 0.226 e. The van der Waals surface area contributed by atoms with Gasteiger partial charge in [0.15, 0.2) is 0 Å². The van der Waals surface area contributed by atoms with E-state index >= 15 is 0 Å². The highest BCUT2D eigenvalue weighted by atomic mass is 16.5. The van der Waals surface area contributed by atoms with Crippen LogP contribution in [0.25, 0.3) is 0 Å². The normalized spacial score (nSPS) is 19.3. The molecule has 1 aliphatic heterocycles. The second-order valence-electron chi connectivity index (χ2n) is 5.16. The maximum absolute atomic E-state index is 12.0. The average Bonchev–Trinajstić information content (AvgIpc) is 2.38. The van der Waals surface area contributed by atoms with E-state index < -0.39 is 0 Å². The summed E-state index contributed by atoms with van der Waals surface area (Å²) in [5, 5.41) is 0. The maximum Gasteiger partial charge on any atom is 0.226 e. The van der Waals surface area contributed by atoms with E-state index in [-0.39, 0.29) is 11.9 Å². The van der Waals surface area contributed by atoms with Crippen molar-refractivity contribution in [2.75, 3.05) is 19.7 Å². The number of nitrogens with two attached hydrogens (primary N) is 1. The number of aryl methyl sites for hydroxylation is 1. The Kier molecular flexibility index (Phi) is 4.80. The first-order valence-corrected chi connectivity index (χ1v) is 6.88. The van der Waals surface area contributed by atoms with E-state index in [0.29, 0.717) is 19.6 Å². The van der Waals surface area contributed by atoms with Gasteiger partial charge in [0.2, 0.25) is 5.91 Å². The van der Waals surface area contributed by atoms with Crippen LogP contribution in [-0.4, -0.2) is 36.5 Å². The van der Waals surface area contributed by atoms with Crippen LogP contribution in [0.4, 0.5) is 0 Å². The van der Waals surface area contributed by atoms with Gasteiger partial charge in [0, 0.05) is 19.1 Å². The lowest BCUT2D eigenvalue weighted by Crippen LogP contribution is -2.46. The van der Waals surface area contributed by atoms with Crippen LogP contribution < -0.4 is 10.5 Å². The molecule has 1 fully saturated rings. The number of nitrogens with zero attached hydrogens (tertiary/aromatic N) is 1. The standard InChI is InChI=1S/C15H22N2O2/c1-12-4-2-6-14(10-12)19-9-7-15(18)17-8-3-5-13(16)11-17/h2,4,6,10,13H,3,5,7-9,11,16H2,1H3/t13-/m1/s1. The van der Waals surface area contributed by atoms with Crippen LogP contribution in [-0.2, 0) is 4.79 Å². The number of benzene rings is 1. The molecule has 104 valence electrons. The van der Waals surface area contributed by atoms with Crippen LogP contribution in [0.5, 0.6) is 5.75 Å². The van der Waals surface area contributed by atoms with E-state index in [1.165, 1.54) is 0 Å². The van der Waals surface area contributed by atoms with Gasteiger partial charge in [-0.1, -0.05) is 12.1 Å². The van der Waals surface area contributed by atoms with Gasteiger partial charge in [-0.15, -0.1) is 0 Å². The molecule has 1 atom stereocenters. The number of carbonyl (C=O) groups excluding carboxylic acids is 1. The Morgan fingerprint density at radius 3 is 3.11 bits per heavy atom. The van der Waals surface area contributed by atoms with Gasteiger partial charge in [-0.3, -0.25) is 4.79 Å². The molecule has 1 heterocycles. The molecule has 0 aromatic heterocycles. The van der Waals surface area contributed by atoms with Crippen LogP contribution >= 0.6 is 0 Å². The SMILES string of the molecule is Cc1cccc(OCCC(=O)N2CCC[C@@H](N)C2)c1. The summed E-state index contributed by atoms with van der Waals surface area (Å²) in [6.07, 6.45) is 2.44. The average molecular weight is 262 g/mol. The summed E-state index contributed by atoms with van der Waals surface area (Å²) in [6.45, 7) is 3.96. The fourth-order valence-corrected chi connectivity index (χ4v) is 2.36. The molecule has 2 rings (SSSR count). The lowest BCUT2D eigenvalue weighted by Gasteiger charge is -2.30. The Morgan fingerprint density at radius 2 is 2.37 bits per heavy atom. The minimum absolute atomic E-state index is 0.135. The Balaban J connectivity index is 1.74. The highest BCUT2D eigenvalue weighted by molar-refractivity contribution is 5.76. The van der Waals surface area contributed by atoms with Gasteiger partial charge in [-0.05, 0) is 37.5 Å². The number of rotatable bonds is 4. The van der Waals surface area contributed by atoms with Gasteiger partial charge in [-0.2, -0.15) is 0 Å². The molecule has 1 amide bonds. The van der Waals surface area contributed by atoms with Crippen LogP contribution in [0.1, 0.15) is 24.8 Å². The Labute approximate surface area is 114 Å². The molecular weight excluding hydrogens is 240 g/mol. The Morgan fingerprint density at radius 1 is 1.53 bits per heavy atom. The fraction of sp³-hybridized carbons (Fsp3) is 0.533. The molecule has 0 bridgehead atoms. The number of ether oxygens (including phenoxy) is 1. The molecule has 0 unspecified atom stereocenters. The van der Waals surface area contributed by atoms with Crippen molar-refractivity contribution in [2.45, 2.75) is 32.2 Å². The van der Waals surface area contributed by atoms with Gasteiger partial charge in [0.25, 0.3) is 0 Å². The van der Waals surface area contributed by atoms with Crippen molar-refractivity contribution in [3.63, 3.8) is 0 Å². The van der Waals surface area contributed by atoms with E-state index in [0.717, 1.165) is 30.7 Å². The lowest BCUT2D eigenvalue weighted by atomic mass is 10.1. The number of likely N-dealkylation sites (tertiary alicyclic amines) is 1. The van der Waals surface area contributed by atoms with Crippen molar-refractivity contribution in [3.8, 4) is 5.75 Å². The minimum atomic E-state index is 0.135. The topological polar surface area (TPSA) is 55.6 Å². The largest absolute Gasteiger partial charge is 0.493 e. The van der Waals surface area contributed by atoms with Crippen LogP contribution in [0.3, 0.4) is 0 Å². The molecule has 1 aliphatic rings. The molecule has 4 nitrogen and oxygen atoms in total. The Hall–Kier alpha value is -1.55. The van der Waals surface area contributed by atoms with Crippen LogP contribution in [0.2, 0.25) is 0 Å². The predicted molar refractivity (Wildman–Crippen MR) is 75.1 cm³/mol. The van der Waals surface area contributed by atoms with Crippen molar-refractivity contribution >= 4 is 5.91 Å². The second-order valence-corrected chi connectivity index (χ2v) is 5.16. The summed E-state index contributed by atoms with van der Waals surface area (Å²) >= 11 is 0. The van der Waals surface area contributed by atoms with Gasteiger partial charge < -0.3 is 15.4 Å². The molecule has 1 aromatic rings. The van der Waals surface area contributed by atoms with Crippen molar-refractivity contribution in [3.05, 3.63) is 29.8 Å². The first-order chi connectivity index (χ1) is 9.15. The van der Waals surface area contributed by atoms with E-state index in [1.54, 1.807) is 0 Å². The van der Waals surface area contributed by atoms with E-state index in [1.807, 2.05) is 36.1 Å². The molecule has 0 aliphatic carbocycles. The van der Waals surface area contributed by atoms with Crippen LogP contribution in [0, 0.1) is 6.92 Å². The summed E-state index contributed by atoms with van der Waals surface area (Å²) in [6, 6.07) is 7.99. The first-order valence-electron chi connectivity index (χ1n) is 6.88. The molecule has 2 N–H and O–H groups in total. The summed E-state index contributed by atoms with van der Waals surface area (Å²) in [5.41, 5.74) is 7.03. The number of hydrogen-bond donors (Lipinski definition) is 1. The molecule has 19 heavy (non-hydrogen) atoms. The lowest BCUT2D eigenvalue weighted by molar-refractivity contribution is -0.132. The zero-order valence-corrected chi connectivity index (χ0v) is 11.5. The Bertz CT molecular complexity index is 434. The van der Waals surface area contributed by atoms with Gasteiger partial charge in [0.05, 0.1) is 13.0 Å². The minimum Gasteiger partial charge on any atom is -0.493 e. The molecule has 0 saturated carbocycles. The summed E-state index contributed by atoms with van der Waals surface area (Å²) in [5.74, 6) is 0.964. The van der Waals surface area contributed by atoms with Crippen molar-refractivity contribution in [1.82, 2.24) is 4.90 Å². The summed E-state index contributed by atoms with van der Waals surface area (Å²) in [7, 11) is 0. The van der Waals surface area contributed by atoms with E-state index in [9.17, 15) is 4.79 Å². The number of hydrogen-bond acceptors (Lipinski definition) is 3. The van der Waals surface area contributed by atoms with Gasteiger partial charge in [0.1, 0.15) is 5.75 Å². The van der Waals surface area contributed by atoms with E-state index in [4.69, 9.17) is 10.5 Å². The van der Waals surface area contributed by atoms with Crippen molar-refractivity contribution in [1.29, 1.82) is 0 Å². The third-order valence-corrected chi connectivity index (χ3v) is 3.38. The highest BCUT2D eigenvalue weighted by Gasteiger charge is 2.20. The molecule has 0 radical (unpaired) electrons. The number of amides is 1. The number of piperidine rings is 1. The predicted octanol–water partition coefficient (Wildman–Crippen LogP) is 1.71. The van der Waals surface area contributed by atoms with Crippen molar-refractivity contribution in [2.24, 2.45) is 5.73 Å². The highest BCUT2D eigenvalue weighted by Crippen LogP contribution is 2.13. The zero-order valence-electron chi connectivity index (χ0n) is 11.5. The van der Waals surface area contributed by atoms with E-state index in [2.05, 4.69) is 0 Å². The molecule has 0 spiro atoms. The fourth-order valence-electron chi connectivity index (χ4n) is 2.36. The summed E-state index contributed by atoms with van der Waals surface area (Å²) in [4.78, 5) is 13.8. The second kappa shape index (κ2) is 6.57. The monoisotopic (exact) mass is 262 g/mol. The quantitative estimate of drug-likeness (QED) is 0.898.